The van der Waals surface area contributed by atoms with E-state index in [9.17, 15) is 14.4 Å². The monoisotopic (exact) mass is 623 g/mol. The molecule has 2 aliphatic rings. The largest absolute Gasteiger partial charge is 0.381 e. The SMILES string of the molecule is CC(COCc1ncc(F)c(=O)[nH]1)NC1CCC(Cc2cc(-c3cccc(NCC4(C#N)CCOCC4)n3)c(Cl)cn2)CC1. The molecule has 4 heterocycles. The molecule has 44 heavy (non-hydrogen) atoms. The minimum atomic E-state index is -0.904. The van der Waals surface area contributed by atoms with E-state index in [4.69, 9.17) is 26.1 Å². The second kappa shape index (κ2) is 15.0. The van der Waals surface area contributed by atoms with Crippen LogP contribution in [0, 0.1) is 28.5 Å². The van der Waals surface area contributed by atoms with Crippen LogP contribution in [0.2, 0.25) is 5.02 Å². The summed E-state index contributed by atoms with van der Waals surface area (Å²) in [6.45, 7) is 4.38. The summed E-state index contributed by atoms with van der Waals surface area (Å²) in [5.41, 5.74) is 1.39. The van der Waals surface area contributed by atoms with Gasteiger partial charge < -0.3 is 25.1 Å². The highest BCUT2D eigenvalue weighted by molar-refractivity contribution is 6.33. The summed E-state index contributed by atoms with van der Waals surface area (Å²) in [7, 11) is 0. The zero-order valence-corrected chi connectivity index (χ0v) is 25.7. The van der Waals surface area contributed by atoms with Crippen LogP contribution < -0.4 is 16.2 Å². The Morgan fingerprint density at radius 1 is 1.23 bits per heavy atom. The minimum Gasteiger partial charge on any atom is -0.381 e. The number of nitrogens with one attached hydrogen (secondary N) is 3. The van der Waals surface area contributed by atoms with Gasteiger partial charge in [-0.1, -0.05) is 17.7 Å². The standard InChI is InChI=1S/C32H39ClFN7O3/c1-21(17-44-18-30-37-16-27(34)31(42)41-30)39-23-7-5-22(6-8-23)13-24-14-25(26(33)15-36-24)28-3-2-4-29(40-28)38-20-32(19-35)9-11-43-12-10-32/h2-4,14-16,21-23,39H,5-13,17-18,20H2,1H3,(H,38,40)(H,37,41,42). The molecule has 0 radical (unpaired) electrons. The molecule has 0 spiro atoms. The highest BCUT2D eigenvalue weighted by atomic mass is 35.5. The molecule has 0 bridgehead atoms. The van der Waals surface area contributed by atoms with Crippen molar-refractivity contribution >= 4 is 17.4 Å². The molecule has 1 unspecified atom stereocenters. The summed E-state index contributed by atoms with van der Waals surface area (Å²) < 4.78 is 24.2. The zero-order valence-electron chi connectivity index (χ0n) is 25.0. The Balaban J connectivity index is 1.09. The summed E-state index contributed by atoms with van der Waals surface area (Å²) >= 11 is 6.59. The number of ether oxygens (including phenoxy) is 2. The third-order valence-electron chi connectivity index (χ3n) is 8.51. The Kier molecular flexibility index (Phi) is 10.9. The lowest BCUT2D eigenvalue weighted by atomic mass is 9.82. The van der Waals surface area contributed by atoms with Crippen LogP contribution in [0.5, 0.6) is 0 Å². The van der Waals surface area contributed by atoms with Crippen LogP contribution >= 0.6 is 11.6 Å². The van der Waals surface area contributed by atoms with E-state index in [0.29, 0.717) is 67.8 Å². The number of nitrogens with zero attached hydrogens (tertiary/aromatic N) is 4. The molecule has 234 valence electrons. The van der Waals surface area contributed by atoms with Gasteiger partial charge in [-0.25, -0.2) is 9.97 Å². The molecule has 10 nitrogen and oxygen atoms in total. The fourth-order valence-electron chi connectivity index (χ4n) is 5.92. The number of aromatic amines is 1. The van der Waals surface area contributed by atoms with Crippen molar-refractivity contribution in [2.45, 2.75) is 70.6 Å². The summed E-state index contributed by atoms with van der Waals surface area (Å²) in [4.78, 5) is 27.0. The first-order chi connectivity index (χ1) is 21.3. The van der Waals surface area contributed by atoms with Gasteiger partial charge in [0, 0.05) is 49.3 Å². The molecule has 1 aliphatic heterocycles. The average Bonchev–Trinajstić information content (AvgIpc) is 3.04. The normalized spacial score (nSPS) is 20.5. The Bertz CT molecular complexity index is 1500. The molecule has 2 fully saturated rings. The quantitative estimate of drug-likeness (QED) is 0.253. The molecule has 1 atom stereocenters. The van der Waals surface area contributed by atoms with E-state index < -0.39 is 16.8 Å². The fourth-order valence-corrected chi connectivity index (χ4v) is 6.12. The van der Waals surface area contributed by atoms with E-state index in [1.54, 1.807) is 6.20 Å². The number of rotatable bonds is 12. The molecule has 1 saturated heterocycles. The number of hydrogen-bond donors (Lipinski definition) is 3. The number of halogens is 2. The van der Waals surface area contributed by atoms with E-state index in [-0.39, 0.29) is 12.6 Å². The predicted molar refractivity (Wildman–Crippen MR) is 166 cm³/mol. The average molecular weight is 624 g/mol. The summed E-state index contributed by atoms with van der Waals surface area (Å²) in [5.74, 6) is 0.650. The number of nitriles is 1. The van der Waals surface area contributed by atoms with E-state index >= 15 is 0 Å². The van der Waals surface area contributed by atoms with Gasteiger partial charge in [0.1, 0.15) is 18.2 Å². The van der Waals surface area contributed by atoms with Gasteiger partial charge in [-0.2, -0.15) is 9.65 Å². The van der Waals surface area contributed by atoms with Crippen LogP contribution in [0.15, 0.2) is 41.5 Å². The maximum atomic E-state index is 13.1. The Labute approximate surface area is 261 Å². The number of hydrogen-bond acceptors (Lipinski definition) is 9. The van der Waals surface area contributed by atoms with Gasteiger partial charge in [0.15, 0.2) is 0 Å². The van der Waals surface area contributed by atoms with E-state index in [2.05, 4.69) is 44.6 Å². The van der Waals surface area contributed by atoms with E-state index in [1.165, 1.54) is 0 Å². The van der Waals surface area contributed by atoms with Gasteiger partial charge >= 0.3 is 0 Å². The van der Waals surface area contributed by atoms with E-state index in [1.807, 2.05) is 18.2 Å². The Morgan fingerprint density at radius 3 is 2.77 bits per heavy atom. The van der Waals surface area contributed by atoms with Crippen LogP contribution in [0.3, 0.4) is 0 Å². The van der Waals surface area contributed by atoms with Crippen molar-refractivity contribution < 1.29 is 13.9 Å². The van der Waals surface area contributed by atoms with Gasteiger partial charge in [0.2, 0.25) is 5.82 Å². The zero-order chi connectivity index (χ0) is 30.9. The van der Waals surface area contributed by atoms with Gasteiger partial charge in [-0.15, -0.1) is 0 Å². The van der Waals surface area contributed by atoms with Crippen molar-refractivity contribution in [2.24, 2.45) is 11.3 Å². The molecule has 12 heteroatoms. The van der Waals surface area contributed by atoms with Crippen molar-refractivity contribution in [3.05, 3.63) is 69.4 Å². The molecule has 0 aromatic carbocycles. The number of pyridine rings is 2. The van der Waals surface area contributed by atoms with Gasteiger partial charge in [-0.3, -0.25) is 9.78 Å². The second-order valence-electron chi connectivity index (χ2n) is 11.9. The fraction of sp³-hybridized carbons (Fsp3) is 0.531. The number of aromatic nitrogens is 4. The molecule has 5 rings (SSSR count). The van der Waals surface area contributed by atoms with Crippen molar-refractivity contribution in [3.63, 3.8) is 0 Å². The van der Waals surface area contributed by atoms with Crippen molar-refractivity contribution in [3.8, 4) is 17.3 Å². The second-order valence-corrected chi connectivity index (χ2v) is 12.3. The highest BCUT2D eigenvalue weighted by Crippen LogP contribution is 2.33. The van der Waals surface area contributed by atoms with Crippen LogP contribution in [0.25, 0.3) is 11.3 Å². The van der Waals surface area contributed by atoms with Crippen LogP contribution in [0.1, 0.15) is 57.0 Å². The highest BCUT2D eigenvalue weighted by Gasteiger charge is 2.32. The molecule has 3 aromatic rings. The van der Waals surface area contributed by atoms with E-state index in [0.717, 1.165) is 55.3 Å². The maximum absolute atomic E-state index is 13.1. The predicted octanol–water partition coefficient (Wildman–Crippen LogP) is 5.05. The first-order valence-electron chi connectivity index (χ1n) is 15.2. The maximum Gasteiger partial charge on any atom is 0.287 e. The van der Waals surface area contributed by atoms with Crippen LogP contribution in [0.4, 0.5) is 10.2 Å². The molecular weight excluding hydrogens is 585 g/mol. The van der Waals surface area contributed by atoms with Gasteiger partial charge in [0.05, 0.1) is 35.0 Å². The van der Waals surface area contributed by atoms with Crippen LogP contribution in [-0.2, 0) is 22.5 Å². The van der Waals surface area contributed by atoms with Gasteiger partial charge in [-0.05, 0) is 76.0 Å². The minimum absolute atomic E-state index is 0.123. The van der Waals surface area contributed by atoms with Gasteiger partial charge in [0.25, 0.3) is 5.56 Å². The topological polar surface area (TPSA) is 138 Å². The van der Waals surface area contributed by atoms with Crippen molar-refractivity contribution in [2.75, 3.05) is 31.7 Å². The molecule has 1 saturated carbocycles. The molecular formula is C32H39ClFN7O3. The number of anilines is 1. The third kappa shape index (κ3) is 8.60. The summed E-state index contributed by atoms with van der Waals surface area (Å²) in [6.07, 6.45) is 9.23. The lowest BCUT2D eigenvalue weighted by molar-refractivity contribution is 0.0455. The summed E-state index contributed by atoms with van der Waals surface area (Å²) in [5, 5.41) is 17.3. The first-order valence-corrected chi connectivity index (χ1v) is 15.6. The molecule has 3 N–H and O–H groups in total. The van der Waals surface area contributed by atoms with Crippen molar-refractivity contribution in [1.29, 1.82) is 5.26 Å². The molecule has 0 amide bonds. The molecule has 1 aliphatic carbocycles. The molecule has 3 aromatic heterocycles. The smallest absolute Gasteiger partial charge is 0.287 e. The van der Waals surface area contributed by atoms with Crippen molar-refractivity contribution in [1.82, 2.24) is 25.3 Å². The van der Waals surface area contributed by atoms with Crippen LogP contribution in [-0.4, -0.2) is 58.4 Å². The Hall–Kier alpha value is -3.43. The Morgan fingerprint density at radius 2 is 2.02 bits per heavy atom. The summed E-state index contributed by atoms with van der Waals surface area (Å²) in [6, 6.07) is 10.9. The lowest BCUT2D eigenvalue weighted by Crippen LogP contribution is -2.41. The lowest BCUT2D eigenvalue weighted by Gasteiger charge is -2.31. The number of H-pyrrole nitrogens is 1. The first kappa shape index (κ1) is 32.0. The third-order valence-corrected chi connectivity index (χ3v) is 8.81.